The van der Waals surface area contributed by atoms with Crippen LogP contribution in [0.25, 0.3) is 0 Å². The van der Waals surface area contributed by atoms with Gasteiger partial charge in [-0.15, -0.1) is 0 Å². The maximum atomic E-state index is 13.6. The van der Waals surface area contributed by atoms with Gasteiger partial charge in [0.05, 0.1) is 57.1 Å². The highest BCUT2D eigenvalue weighted by Crippen LogP contribution is 2.03. The molecule has 0 rings (SSSR count). The van der Waals surface area contributed by atoms with E-state index >= 15 is 0 Å². The van der Waals surface area contributed by atoms with Gasteiger partial charge in [0.25, 0.3) is 23.6 Å². The largest absolute Gasteiger partial charge is 0.480 e. The molecule has 0 saturated heterocycles. The second-order valence-corrected chi connectivity index (χ2v) is 15.5. The maximum Gasteiger partial charge on any atom is 0.317 e. The number of aliphatic carboxylic acids is 3. The molecule has 386 valence electrons. The Hall–Kier alpha value is -5.21. The number of aliphatic hydroxyl groups is 8. The average Bonchev–Trinajstić information content (AvgIpc) is 3.23. The minimum absolute atomic E-state index is 0.232. The predicted molar refractivity (Wildman–Crippen MR) is 228 cm³/mol. The van der Waals surface area contributed by atoms with E-state index in [1.807, 2.05) is 0 Å². The van der Waals surface area contributed by atoms with E-state index in [1.54, 1.807) is 0 Å². The zero-order chi connectivity index (χ0) is 51.6. The average molecular weight is 972 g/mol. The van der Waals surface area contributed by atoms with Crippen molar-refractivity contribution < 1.29 is 99.3 Å². The molecule has 0 fully saturated rings. The van der Waals surface area contributed by atoms with Crippen LogP contribution >= 0.6 is 0 Å². The Morgan fingerprint density at radius 2 is 0.552 bits per heavy atom. The smallest absolute Gasteiger partial charge is 0.317 e. The van der Waals surface area contributed by atoms with Gasteiger partial charge in [-0.05, 0) is 27.7 Å². The lowest BCUT2D eigenvalue weighted by Gasteiger charge is -2.30. The second-order valence-electron chi connectivity index (χ2n) is 15.5. The van der Waals surface area contributed by atoms with Gasteiger partial charge in [0.2, 0.25) is 11.8 Å². The number of amides is 6. The number of rotatable bonds is 36. The normalized spacial score (nSPS) is 15.0. The number of hydrogen-bond donors (Lipinski definition) is 15. The van der Waals surface area contributed by atoms with E-state index < -0.39 is 135 Å². The third kappa shape index (κ3) is 26.7. The zero-order valence-electron chi connectivity index (χ0n) is 38.0. The maximum absolute atomic E-state index is 13.6. The van der Waals surface area contributed by atoms with Crippen molar-refractivity contribution in [2.24, 2.45) is 0 Å². The molecule has 0 unspecified atom stereocenters. The molecule has 0 aromatic rings. The summed E-state index contributed by atoms with van der Waals surface area (Å²) in [7, 11) is 0. The van der Waals surface area contributed by atoms with Crippen LogP contribution in [0.15, 0.2) is 0 Å². The molecule has 15 N–H and O–H groups in total. The minimum atomic E-state index is -1.80. The molecule has 0 saturated carbocycles. The summed E-state index contributed by atoms with van der Waals surface area (Å²) in [4.78, 5) is 117. The fourth-order valence-electron chi connectivity index (χ4n) is 5.69. The summed E-state index contributed by atoms with van der Waals surface area (Å²) < 4.78 is 0. The van der Waals surface area contributed by atoms with Crippen LogP contribution in [0.4, 0.5) is 0 Å². The summed E-state index contributed by atoms with van der Waals surface area (Å²) in [5.41, 5.74) is 0. The summed E-state index contributed by atoms with van der Waals surface area (Å²) in [5.74, 6) is -9.54. The molecular weight excluding hydrogens is 902 g/mol. The molecule has 6 amide bonds. The number of nitrogens with zero attached hydrogens (tertiary/aromatic N) is 5. The van der Waals surface area contributed by atoms with Crippen molar-refractivity contribution in [2.75, 3.05) is 111 Å². The first-order valence-corrected chi connectivity index (χ1v) is 21.1. The molecule has 0 aromatic heterocycles. The van der Waals surface area contributed by atoms with Crippen molar-refractivity contribution in [3.05, 3.63) is 0 Å². The van der Waals surface area contributed by atoms with Gasteiger partial charge in [0, 0.05) is 78.5 Å². The van der Waals surface area contributed by atoms with Crippen LogP contribution < -0.4 is 21.3 Å². The van der Waals surface area contributed by atoms with E-state index in [2.05, 4.69) is 21.3 Å². The van der Waals surface area contributed by atoms with Crippen molar-refractivity contribution in [1.29, 1.82) is 0 Å². The van der Waals surface area contributed by atoms with Gasteiger partial charge in [0.1, 0.15) is 0 Å². The number of aliphatic hydroxyl groups excluding tert-OH is 8. The summed E-state index contributed by atoms with van der Waals surface area (Å²) in [6, 6.07) is 0. The van der Waals surface area contributed by atoms with Crippen molar-refractivity contribution in [3.63, 3.8) is 0 Å². The molecule has 0 bridgehead atoms. The highest BCUT2D eigenvalue weighted by Gasteiger charge is 2.27. The molecule has 0 aliphatic carbocycles. The van der Waals surface area contributed by atoms with E-state index in [0.29, 0.717) is 0 Å². The topological polar surface area (TPSA) is 440 Å². The Balaban J connectivity index is 6.17. The summed E-state index contributed by atoms with van der Waals surface area (Å²) in [5, 5.41) is 115. The van der Waals surface area contributed by atoms with Crippen molar-refractivity contribution in [3.8, 4) is 0 Å². The molecule has 0 aliphatic heterocycles. The minimum Gasteiger partial charge on any atom is -0.480 e. The zero-order valence-corrected chi connectivity index (χ0v) is 38.0. The lowest BCUT2D eigenvalue weighted by molar-refractivity contribution is -0.142. The van der Waals surface area contributed by atoms with E-state index in [0.717, 1.165) is 47.3 Å². The number of carboxylic acid groups (broad SMARTS) is 3. The van der Waals surface area contributed by atoms with Gasteiger partial charge in [-0.1, -0.05) is 0 Å². The predicted octanol–water partition coefficient (Wildman–Crippen LogP) is -9.77. The molecule has 0 heterocycles. The van der Waals surface area contributed by atoms with Gasteiger partial charge >= 0.3 is 17.9 Å². The van der Waals surface area contributed by atoms with Crippen LogP contribution in [-0.2, 0) is 43.2 Å². The summed E-state index contributed by atoms with van der Waals surface area (Å²) in [6.45, 7) is -1.99. The third-order valence-electron chi connectivity index (χ3n) is 9.59. The second kappa shape index (κ2) is 32.5. The molecule has 29 heteroatoms. The molecule has 0 spiro atoms. The first-order valence-electron chi connectivity index (χ1n) is 21.1. The first-order chi connectivity index (χ1) is 31.2. The first kappa shape index (κ1) is 61.8. The van der Waals surface area contributed by atoms with E-state index in [9.17, 15) is 99.3 Å². The molecule has 8 atom stereocenters. The Kier molecular flexibility index (Phi) is 30.0. The molecule has 0 radical (unpaired) electrons. The van der Waals surface area contributed by atoms with Crippen LogP contribution in [0.1, 0.15) is 27.7 Å². The third-order valence-corrected chi connectivity index (χ3v) is 9.59. The molecule has 0 aromatic carbocycles. The Bertz CT molecular complexity index is 1440. The van der Waals surface area contributed by atoms with Gasteiger partial charge in [-0.25, -0.2) is 0 Å². The van der Waals surface area contributed by atoms with Crippen LogP contribution in [0.5, 0.6) is 0 Å². The quantitative estimate of drug-likeness (QED) is 0.0277. The highest BCUT2D eigenvalue weighted by molar-refractivity contribution is 5.83. The number of nitrogens with one attached hydrogen (secondary N) is 4. The molecule has 29 nitrogen and oxygen atoms in total. The van der Waals surface area contributed by atoms with E-state index in [4.69, 9.17) is 0 Å². The number of carboxylic acids is 3. The SMILES string of the molecule is C[C@@H](O)[C@H](O)C(=O)NCCN(CCNC(=O)[C@@H](O)[C@@H](C)O)C(=O)CN(CCN(CCN(CC(=O)O)CC(=O)N(CCNC(=O)[C@@H](O)[C@@H](C)O)CCNC(=O)[C@@H](O)[C@@H](C)O)CC(=O)O)CC(=O)O. The van der Waals surface area contributed by atoms with Crippen LogP contribution in [0.2, 0.25) is 0 Å². The van der Waals surface area contributed by atoms with Crippen LogP contribution in [0.3, 0.4) is 0 Å². The standard InChI is InChI=1S/C38H69N9O20/c1-22(48)31(60)35(64)39-5-9-46(10-6-40-36(65)32(61)23(2)49)26(52)17-44(20-29(56)57)15-13-43(19-28(54)55)14-16-45(21-30(58)59)18-27(53)47(11-7-41-37(66)33(62)24(3)50)12-8-42-38(67)34(63)25(4)51/h22-25,31-34,48-51,60-63H,5-21H2,1-4H3,(H,39,64)(H,40,65)(H,41,66)(H,42,67)(H,54,55)(H,56,57)(H,58,59)/t22-,23-,24-,25-,31+,32+,33+,34+/m1/s1. The van der Waals surface area contributed by atoms with Crippen LogP contribution in [0, 0.1) is 0 Å². The van der Waals surface area contributed by atoms with Gasteiger partial charge in [0.15, 0.2) is 24.4 Å². The van der Waals surface area contributed by atoms with E-state index in [-0.39, 0.29) is 78.5 Å². The van der Waals surface area contributed by atoms with E-state index in [1.165, 1.54) is 4.90 Å². The Morgan fingerprint density at radius 1 is 0.343 bits per heavy atom. The lowest BCUT2D eigenvalue weighted by Crippen LogP contribution is -2.51. The number of hydrogen-bond acceptors (Lipinski definition) is 20. The van der Waals surface area contributed by atoms with Gasteiger partial charge < -0.3 is 87.2 Å². The fourth-order valence-corrected chi connectivity index (χ4v) is 5.69. The Morgan fingerprint density at radius 3 is 0.761 bits per heavy atom. The molecule has 0 aliphatic rings. The van der Waals surface area contributed by atoms with Crippen molar-refractivity contribution in [2.45, 2.75) is 76.5 Å². The monoisotopic (exact) mass is 971 g/mol. The molecule has 67 heavy (non-hydrogen) atoms. The summed E-state index contributed by atoms with van der Waals surface area (Å²) >= 11 is 0. The van der Waals surface area contributed by atoms with Gasteiger partial charge in [-0.3, -0.25) is 57.9 Å². The number of carbonyl (C=O) groups is 9. The van der Waals surface area contributed by atoms with Crippen molar-refractivity contribution >= 4 is 53.4 Å². The van der Waals surface area contributed by atoms with Crippen molar-refractivity contribution in [1.82, 2.24) is 45.8 Å². The van der Waals surface area contributed by atoms with Crippen LogP contribution in [-0.4, -0.2) is 294 Å². The fraction of sp³-hybridized carbons (Fsp3) is 0.763. The lowest BCUT2D eigenvalue weighted by atomic mass is 10.2. The highest BCUT2D eigenvalue weighted by atomic mass is 16.4. The molecular formula is C38H69N9O20. The Labute approximate surface area is 385 Å². The van der Waals surface area contributed by atoms with Gasteiger partial charge in [-0.2, -0.15) is 0 Å². The number of carbonyl (C=O) groups excluding carboxylic acids is 6. The summed E-state index contributed by atoms with van der Waals surface area (Å²) in [6.07, 6.45) is -12.9.